The minimum Gasteiger partial charge on any atom is -0.305 e. The van der Waals surface area contributed by atoms with E-state index in [0.29, 0.717) is 12.2 Å². The monoisotopic (exact) mass is 349 g/mol. The maximum atomic E-state index is 12.8. The minimum absolute atomic E-state index is 0.0587. The predicted octanol–water partition coefficient (Wildman–Crippen LogP) is 3.58. The highest BCUT2D eigenvalue weighted by atomic mass is 35.5. The highest BCUT2D eigenvalue weighted by molar-refractivity contribution is 7.90. The van der Waals surface area contributed by atoms with Gasteiger partial charge in [0.05, 0.1) is 9.92 Å². The van der Waals surface area contributed by atoms with Crippen molar-refractivity contribution in [1.82, 2.24) is 0 Å². The number of benzene rings is 2. The van der Waals surface area contributed by atoms with E-state index in [-0.39, 0.29) is 21.4 Å². The number of sulfone groups is 1. The average Bonchev–Trinajstić information content (AvgIpc) is 2.52. The van der Waals surface area contributed by atoms with E-state index in [9.17, 15) is 13.2 Å². The zero-order valence-electron chi connectivity index (χ0n) is 12.6. The Labute approximate surface area is 140 Å². The average molecular weight is 350 g/mol. The highest BCUT2D eigenvalue weighted by Crippen LogP contribution is 2.24. The molecule has 0 aliphatic carbocycles. The van der Waals surface area contributed by atoms with Gasteiger partial charge in [0.15, 0.2) is 9.84 Å². The van der Waals surface area contributed by atoms with Crippen molar-refractivity contribution < 1.29 is 13.2 Å². The normalized spacial score (nSPS) is 11.0. The molecule has 0 bridgehead atoms. The second-order valence-electron chi connectivity index (χ2n) is 4.96. The molecule has 0 spiro atoms. The first-order valence-corrected chi connectivity index (χ1v) is 9.09. The molecule has 6 heteroatoms. The van der Waals surface area contributed by atoms with Crippen LogP contribution in [0.25, 0.3) is 0 Å². The molecule has 1 amide bonds. The number of halogens is 1. The summed E-state index contributed by atoms with van der Waals surface area (Å²) in [6.45, 7) is 3.97. The Morgan fingerprint density at radius 1 is 1.22 bits per heavy atom. The summed E-state index contributed by atoms with van der Waals surface area (Å²) in [4.78, 5) is 14.2. The second kappa shape index (κ2) is 6.98. The number of rotatable bonds is 5. The van der Waals surface area contributed by atoms with Crippen molar-refractivity contribution in [2.45, 2.75) is 4.90 Å². The maximum absolute atomic E-state index is 12.8. The molecular formula is C17H16ClNO3S. The third-order valence-corrected chi connectivity index (χ3v) is 4.78. The molecular weight excluding hydrogens is 334 g/mol. The molecule has 0 N–H and O–H groups in total. The molecule has 0 fully saturated rings. The van der Waals surface area contributed by atoms with Crippen LogP contribution in [0.3, 0.4) is 0 Å². The van der Waals surface area contributed by atoms with E-state index in [0.717, 1.165) is 6.26 Å². The van der Waals surface area contributed by atoms with Gasteiger partial charge in [-0.05, 0) is 30.3 Å². The van der Waals surface area contributed by atoms with Gasteiger partial charge in [-0.2, -0.15) is 0 Å². The van der Waals surface area contributed by atoms with E-state index in [4.69, 9.17) is 11.6 Å². The Balaban J connectivity index is 2.47. The van der Waals surface area contributed by atoms with E-state index >= 15 is 0 Å². The van der Waals surface area contributed by atoms with Gasteiger partial charge in [0.2, 0.25) is 0 Å². The van der Waals surface area contributed by atoms with E-state index in [1.807, 2.05) is 18.2 Å². The van der Waals surface area contributed by atoms with Crippen molar-refractivity contribution in [1.29, 1.82) is 0 Å². The third kappa shape index (κ3) is 4.00. The summed E-state index contributed by atoms with van der Waals surface area (Å²) < 4.78 is 23.5. The zero-order chi connectivity index (χ0) is 17.0. The Morgan fingerprint density at radius 2 is 1.87 bits per heavy atom. The molecule has 0 aliphatic rings. The van der Waals surface area contributed by atoms with Gasteiger partial charge in [0.25, 0.3) is 5.91 Å². The molecule has 4 nitrogen and oxygen atoms in total. The maximum Gasteiger partial charge on any atom is 0.258 e. The third-order valence-electron chi connectivity index (χ3n) is 3.20. The summed E-state index contributed by atoms with van der Waals surface area (Å²) in [7, 11) is -3.51. The predicted molar refractivity (Wildman–Crippen MR) is 92.9 cm³/mol. The zero-order valence-corrected chi connectivity index (χ0v) is 14.1. The second-order valence-corrected chi connectivity index (χ2v) is 7.35. The first-order chi connectivity index (χ1) is 10.8. The standard InChI is InChI=1S/C17H16ClNO3S/c1-3-11-19(14-7-5-4-6-8-14)17(20)13-9-10-15(18)16(12-13)23(2,21)22/h3-10,12H,1,11H2,2H3. The van der Waals surface area contributed by atoms with Crippen LogP contribution in [0.2, 0.25) is 5.02 Å². The van der Waals surface area contributed by atoms with Crippen LogP contribution in [0, 0.1) is 0 Å². The van der Waals surface area contributed by atoms with Crippen LogP contribution in [-0.2, 0) is 9.84 Å². The van der Waals surface area contributed by atoms with E-state index < -0.39 is 9.84 Å². The van der Waals surface area contributed by atoms with Gasteiger partial charge >= 0.3 is 0 Å². The van der Waals surface area contributed by atoms with Crippen LogP contribution < -0.4 is 4.90 Å². The number of hydrogen-bond donors (Lipinski definition) is 0. The molecule has 2 aromatic carbocycles. The van der Waals surface area contributed by atoms with Gasteiger partial charge in [-0.25, -0.2) is 8.42 Å². The first kappa shape index (κ1) is 17.2. The molecule has 0 aliphatic heterocycles. The van der Waals surface area contributed by atoms with Gasteiger partial charge in [-0.15, -0.1) is 6.58 Å². The first-order valence-electron chi connectivity index (χ1n) is 6.82. The molecule has 2 rings (SSSR count). The lowest BCUT2D eigenvalue weighted by molar-refractivity contribution is 0.0989. The molecule has 120 valence electrons. The summed E-state index contributed by atoms with van der Waals surface area (Å²) in [6, 6.07) is 13.3. The number of nitrogens with zero attached hydrogens (tertiary/aromatic N) is 1. The molecule has 0 aromatic heterocycles. The lowest BCUT2D eigenvalue weighted by Crippen LogP contribution is -2.31. The van der Waals surface area contributed by atoms with Crippen molar-refractivity contribution >= 4 is 33.0 Å². The molecule has 23 heavy (non-hydrogen) atoms. The number of anilines is 1. The molecule has 0 unspecified atom stereocenters. The Morgan fingerprint density at radius 3 is 2.43 bits per heavy atom. The van der Waals surface area contributed by atoms with Gasteiger partial charge < -0.3 is 4.90 Å². The molecule has 0 radical (unpaired) electrons. The molecule has 2 aromatic rings. The molecule has 0 saturated carbocycles. The van der Waals surface area contributed by atoms with Crippen LogP contribution in [-0.4, -0.2) is 27.1 Å². The summed E-state index contributed by atoms with van der Waals surface area (Å²) in [6.07, 6.45) is 2.67. The van der Waals surface area contributed by atoms with Crippen LogP contribution in [0.1, 0.15) is 10.4 Å². The van der Waals surface area contributed by atoms with Crippen LogP contribution in [0.15, 0.2) is 66.1 Å². The summed E-state index contributed by atoms with van der Waals surface area (Å²) >= 11 is 5.92. The molecule has 0 saturated heterocycles. The summed E-state index contributed by atoms with van der Waals surface area (Å²) in [5, 5.41) is 0.0963. The van der Waals surface area contributed by atoms with Crippen molar-refractivity contribution in [3.8, 4) is 0 Å². The van der Waals surface area contributed by atoms with Crippen molar-refractivity contribution in [3.05, 3.63) is 71.8 Å². The van der Waals surface area contributed by atoms with Gasteiger partial charge in [-0.3, -0.25) is 4.79 Å². The Kier molecular flexibility index (Phi) is 5.23. The van der Waals surface area contributed by atoms with Crippen LogP contribution >= 0.6 is 11.6 Å². The lowest BCUT2D eigenvalue weighted by Gasteiger charge is -2.21. The fourth-order valence-electron chi connectivity index (χ4n) is 2.12. The van der Waals surface area contributed by atoms with Crippen molar-refractivity contribution in [2.24, 2.45) is 0 Å². The Hall–Kier alpha value is -2.11. The molecule has 0 heterocycles. The quantitative estimate of drug-likeness (QED) is 0.775. The fourth-order valence-corrected chi connectivity index (χ4v) is 3.42. The highest BCUT2D eigenvalue weighted by Gasteiger charge is 2.20. The van der Waals surface area contributed by atoms with Gasteiger partial charge in [0.1, 0.15) is 0 Å². The fraction of sp³-hybridized carbons (Fsp3) is 0.118. The minimum atomic E-state index is -3.51. The number of para-hydroxylation sites is 1. The van der Waals surface area contributed by atoms with E-state index in [1.165, 1.54) is 23.1 Å². The van der Waals surface area contributed by atoms with Gasteiger partial charge in [0, 0.05) is 24.1 Å². The van der Waals surface area contributed by atoms with Gasteiger partial charge in [-0.1, -0.05) is 35.9 Å². The van der Waals surface area contributed by atoms with Crippen molar-refractivity contribution in [2.75, 3.05) is 17.7 Å². The SMILES string of the molecule is C=CCN(C(=O)c1ccc(Cl)c(S(C)(=O)=O)c1)c1ccccc1. The van der Waals surface area contributed by atoms with E-state index in [1.54, 1.807) is 18.2 Å². The summed E-state index contributed by atoms with van der Waals surface area (Å²) in [5.74, 6) is -0.322. The Bertz CT molecular complexity index is 832. The lowest BCUT2D eigenvalue weighted by atomic mass is 10.1. The largest absolute Gasteiger partial charge is 0.305 e. The van der Waals surface area contributed by atoms with Crippen LogP contribution in [0.5, 0.6) is 0 Å². The number of hydrogen-bond acceptors (Lipinski definition) is 3. The summed E-state index contributed by atoms with van der Waals surface area (Å²) in [5.41, 5.74) is 0.953. The number of carbonyl (C=O) groups excluding carboxylic acids is 1. The number of amides is 1. The topological polar surface area (TPSA) is 54.5 Å². The van der Waals surface area contributed by atoms with Crippen LogP contribution in [0.4, 0.5) is 5.69 Å². The molecule has 0 atom stereocenters. The smallest absolute Gasteiger partial charge is 0.258 e. The van der Waals surface area contributed by atoms with Crippen molar-refractivity contribution in [3.63, 3.8) is 0 Å². The van der Waals surface area contributed by atoms with E-state index in [2.05, 4.69) is 6.58 Å². The number of carbonyl (C=O) groups is 1.